The second kappa shape index (κ2) is 10.4. The molecule has 1 aromatic carbocycles. The third-order valence-electron chi connectivity index (χ3n) is 8.61. The molecule has 9 heteroatoms. The Hall–Kier alpha value is -4.11. The van der Waals surface area contributed by atoms with Gasteiger partial charge in [0.1, 0.15) is 11.5 Å². The molecule has 212 valence electrons. The fourth-order valence-corrected chi connectivity index (χ4v) is 6.04. The summed E-state index contributed by atoms with van der Waals surface area (Å²) in [5.74, 6) is -0.495. The molecule has 3 aromatic rings. The van der Waals surface area contributed by atoms with Crippen molar-refractivity contribution in [2.75, 3.05) is 18.5 Å². The van der Waals surface area contributed by atoms with Gasteiger partial charge in [0.25, 0.3) is 5.91 Å². The lowest BCUT2D eigenvalue weighted by molar-refractivity contribution is -0.120. The number of aromatic amines is 1. The van der Waals surface area contributed by atoms with Crippen LogP contribution in [0, 0.1) is 16.6 Å². The number of allylic oxidation sites excluding steroid dienone is 3. The highest BCUT2D eigenvalue weighted by atomic mass is 19.1. The fourth-order valence-electron chi connectivity index (χ4n) is 6.04. The molecule has 4 N–H and O–H groups in total. The highest BCUT2D eigenvalue weighted by Crippen LogP contribution is 2.55. The van der Waals surface area contributed by atoms with Gasteiger partial charge >= 0.3 is 0 Å². The number of Topliss-reactive ketones (excluding diaryl/α,β-unsaturated/α-hetero) is 1. The summed E-state index contributed by atoms with van der Waals surface area (Å²) in [4.78, 5) is 31.5. The van der Waals surface area contributed by atoms with E-state index in [2.05, 4.69) is 25.8 Å². The number of H-pyrrole nitrogens is 1. The number of hydrogen-bond acceptors (Lipinski definition) is 6. The van der Waals surface area contributed by atoms with Crippen LogP contribution in [0.5, 0.6) is 0 Å². The highest BCUT2D eigenvalue weighted by molar-refractivity contribution is 6.03. The molecule has 0 radical (unpaired) electrons. The first-order valence-electron chi connectivity index (χ1n) is 14.1. The van der Waals surface area contributed by atoms with Gasteiger partial charge in [-0.05, 0) is 54.5 Å². The number of aliphatic hydroxyl groups excluding tert-OH is 1. The number of hydrogen-bond donors (Lipinski definition) is 4. The summed E-state index contributed by atoms with van der Waals surface area (Å²) < 4.78 is 13.7. The molecule has 3 aliphatic rings. The lowest BCUT2D eigenvalue weighted by Crippen LogP contribution is -2.40. The quantitative estimate of drug-likeness (QED) is 0.311. The van der Waals surface area contributed by atoms with Crippen LogP contribution in [0.4, 0.5) is 10.2 Å². The van der Waals surface area contributed by atoms with Crippen molar-refractivity contribution >= 4 is 23.6 Å². The van der Waals surface area contributed by atoms with Gasteiger partial charge in [0.05, 0.1) is 5.69 Å². The summed E-state index contributed by atoms with van der Waals surface area (Å²) in [7, 11) is 0. The zero-order chi connectivity index (χ0) is 28.8. The summed E-state index contributed by atoms with van der Waals surface area (Å²) in [6.07, 6.45) is 9.99. The maximum Gasteiger partial charge on any atom is 0.269 e. The molecular formula is C32H34FN5O3. The van der Waals surface area contributed by atoms with Gasteiger partial charge < -0.3 is 15.7 Å². The molecule has 41 heavy (non-hydrogen) atoms. The number of carbonyl (C=O) groups is 2. The predicted octanol–water partition coefficient (Wildman–Crippen LogP) is 5.37. The molecule has 1 spiro atoms. The molecule has 1 amide bonds. The van der Waals surface area contributed by atoms with Crippen LogP contribution < -0.4 is 10.6 Å². The third kappa shape index (κ3) is 5.22. The number of benzene rings is 1. The van der Waals surface area contributed by atoms with E-state index in [9.17, 15) is 19.1 Å². The molecule has 1 fully saturated rings. The summed E-state index contributed by atoms with van der Waals surface area (Å²) >= 11 is 0. The number of nitrogens with one attached hydrogen (secondary N) is 3. The first kappa shape index (κ1) is 27.1. The Morgan fingerprint density at radius 1 is 1.22 bits per heavy atom. The average molecular weight is 556 g/mol. The van der Waals surface area contributed by atoms with Crippen LogP contribution in [0.25, 0.3) is 17.2 Å². The number of rotatable bonds is 7. The van der Waals surface area contributed by atoms with Crippen LogP contribution in [0.3, 0.4) is 0 Å². The Balaban J connectivity index is 1.34. The summed E-state index contributed by atoms with van der Waals surface area (Å²) in [6, 6.07) is 10.1. The van der Waals surface area contributed by atoms with Crippen LogP contribution >= 0.6 is 0 Å². The number of anilines is 1. The number of carbonyl (C=O) groups excluding carboxylic acids is 2. The van der Waals surface area contributed by atoms with Crippen molar-refractivity contribution in [1.29, 1.82) is 0 Å². The molecule has 2 aliphatic carbocycles. The monoisotopic (exact) mass is 555 g/mol. The molecule has 1 saturated carbocycles. The zero-order valence-electron chi connectivity index (χ0n) is 23.3. The molecule has 8 nitrogen and oxygen atoms in total. The van der Waals surface area contributed by atoms with Gasteiger partial charge in [0, 0.05) is 59.5 Å². The number of aliphatic hydroxyl groups is 1. The second-order valence-corrected chi connectivity index (χ2v) is 12.3. The third-order valence-corrected chi connectivity index (χ3v) is 8.61. The van der Waals surface area contributed by atoms with E-state index in [-0.39, 0.29) is 41.8 Å². The SMILES string of the molecule is CC(C)(CO)CNC(=O)c1[nH]nc2c1C(C=Cc1ccc(-c3cccc(F)c3)cn1)C1=C(CC3(CCC3)CC1=O)N2. The number of halogens is 1. The normalized spacial score (nSPS) is 19.5. The Kier molecular flexibility index (Phi) is 6.85. The number of fused-ring (bicyclic) bond motifs is 1. The van der Waals surface area contributed by atoms with Crippen molar-refractivity contribution < 1.29 is 19.1 Å². The van der Waals surface area contributed by atoms with Crippen LogP contribution in [-0.2, 0) is 4.79 Å². The summed E-state index contributed by atoms with van der Waals surface area (Å²) in [5, 5.41) is 23.2. The van der Waals surface area contributed by atoms with Crippen molar-refractivity contribution in [2.45, 2.75) is 51.9 Å². The molecular weight excluding hydrogens is 521 g/mol. The van der Waals surface area contributed by atoms with Gasteiger partial charge in [-0.15, -0.1) is 0 Å². The molecule has 1 unspecified atom stereocenters. The molecule has 0 bridgehead atoms. The van der Waals surface area contributed by atoms with Gasteiger partial charge in [0.15, 0.2) is 11.6 Å². The molecule has 6 rings (SSSR count). The number of ketones is 1. The van der Waals surface area contributed by atoms with Crippen molar-refractivity contribution in [3.63, 3.8) is 0 Å². The topological polar surface area (TPSA) is 120 Å². The Labute approximate surface area is 238 Å². The maximum atomic E-state index is 13.7. The van der Waals surface area contributed by atoms with E-state index >= 15 is 0 Å². The number of pyridine rings is 1. The minimum Gasteiger partial charge on any atom is -0.396 e. The zero-order valence-corrected chi connectivity index (χ0v) is 23.3. The van der Waals surface area contributed by atoms with E-state index in [0.717, 1.165) is 42.5 Å². The average Bonchev–Trinajstić information content (AvgIpc) is 3.37. The molecule has 3 heterocycles. The van der Waals surface area contributed by atoms with E-state index in [4.69, 9.17) is 0 Å². The smallest absolute Gasteiger partial charge is 0.269 e. The fraction of sp³-hybridized carbons (Fsp3) is 0.375. The van der Waals surface area contributed by atoms with Crippen molar-refractivity contribution in [3.05, 3.63) is 82.7 Å². The van der Waals surface area contributed by atoms with Gasteiger partial charge in [-0.1, -0.05) is 44.5 Å². The Morgan fingerprint density at radius 3 is 2.73 bits per heavy atom. The first-order valence-corrected chi connectivity index (χ1v) is 14.1. The Bertz CT molecular complexity index is 1570. The minimum atomic E-state index is -0.485. The lowest BCUT2D eigenvalue weighted by Gasteiger charge is -2.47. The number of nitrogens with zero attached hydrogens (tertiary/aromatic N) is 2. The number of aromatic nitrogens is 3. The lowest BCUT2D eigenvalue weighted by atomic mass is 9.59. The van der Waals surface area contributed by atoms with Crippen LogP contribution in [0.1, 0.15) is 73.6 Å². The largest absolute Gasteiger partial charge is 0.396 e. The molecule has 1 aliphatic heterocycles. The van der Waals surface area contributed by atoms with E-state index in [1.165, 1.54) is 12.1 Å². The summed E-state index contributed by atoms with van der Waals surface area (Å²) in [6.45, 7) is 3.94. The molecule has 2 aromatic heterocycles. The van der Waals surface area contributed by atoms with Gasteiger partial charge in [-0.25, -0.2) is 4.39 Å². The molecule has 1 atom stereocenters. The standard InChI is InChI=1S/C32H34FN5O3/c1-31(2,18-39)17-35-30(41)28-27-23(10-9-22-8-7-20(16-34-22)19-5-3-6-21(33)13-19)26-24(36-29(27)38-37-28)14-32(11-4-12-32)15-25(26)40/h3,5-10,13,16,23,39H,4,11-12,14-15,17-18H2,1-2H3,(H,35,41)(H2,36,37,38). The van der Waals surface area contributed by atoms with Crippen LogP contribution in [-0.4, -0.2) is 45.1 Å². The van der Waals surface area contributed by atoms with Crippen molar-refractivity contribution in [2.24, 2.45) is 10.8 Å². The second-order valence-electron chi connectivity index (χ2n) is 12.3. The predicted molar refractivity (Wildman–Crippen MR) is 154 cm³/mol. The minimum absolute atomic E-state index is 0.0232. The Morgan fingerprint density at radius 2 is 2.05 bits per heavy atom. The number of amides is 1. The van der Waals surface area contributed by atoms with E-state index in [0.29, 0.717) is 29.1 Å². The van der Waals surface area contributed by atoms with Crippen LogP contribution in [0.15, 0.2) is 59.9 Å². The first-order chi connectivity index (χ1) is 19.7. The van der Waals surface area contributed by atoms with Crippen molar-refractivity contribution in [3.8, 4) is 11.1 Å². The van der Waals surface area contributed by atoms with Gasteiger partial charge in [-0.3, -0.25) is 19.7 Å². The maximum absolute atomic E-state index is 13.7. The van der Waals surface area contributed by atoms with E-state index in [1.807, 2.05) is 44.2 Å². The van der Waals surface area contributed by atoms with E-state index < -0.39 is 11.3 Å². The van der Waals surface area contributed by atoms with Crippen LogP contribution in [0.2, 0.25) is 0 Å². The van der Waals surface area contributed by atoms with E-state index in [1.54, 1.807) is 12.3 Å². The van der Waals surface area contributed by atoms with Crippen molar-refractivity contribution in [1.82, 2.24) is 20.5 Å². The summed E-state index contributed by atoms with van der Waals surface area (Å²) in [5.41, 5.74) is 4.21. The van der Waals surface area contributed by atoms with Gasteiger partial charge in [0.2, 0.25) is 0 Å². The highest BCUT2D eigenvalue weighted by Gasteiger charge is 2.48. The van der Waals surface area contributed by atoms with Gasteiger partial charge in [-0.2, -0.15) is 5.10 Å². The molecule has 0 saturated heterocycles.